The number of anilines is 1. The predicted octanol–water partition coefficient (Wildman–Crippen LogP) is 3.89. The molecule has 3 heteroatoms. The van der Waals surface area contributed by atoms with Crippen molar-refractivity contribution in [1.29, 1.82) is 0 Å². The van der Waals surface area contributed by atoms with Gasteiger partial charge in [0.1, 0.15) is 5.82 Å². The number of aryl methyl sites for hydroxylation is 3. The topological polar surface area (TPSA) is 37.8 Å². The molecule has 2 rings (SSSR count). The molecule has 0 aliphatic rings. The third-order valence-corrected chi connectivity index (χ3v) is 3.12. The van der Waals surface area contributed by atoms with Gasteiger partial charge in [0.25, 0.3) is 0 Å². The van der Waals surface area contributed by atoms with Crippen molar-refractivity contribution >= 4 is 5.82 Å². The molecule has 0 aliphatic heterocycles. The third kappa shape index (κ3) is 3.11. The van der Waals surface area contributed by atoms with E-state index in [4.69, 9.17) is 0 Å². The second-order valence-corrected chi connectivity index (χ2v) is 4.91. The van der Waals surface area contributed by atoms with Crippen LogP contribution in [0.2, 0.25) is 0 Å². The van der Waals surface area contributed by atoms with Crippen LogP contribution in [0.5, 0.6) is 0 Å². The monoisotopic (exact) mass is 255 g/mol. The van der Waals surface area contributed by atoms with E-state index in [0.29, 0.717) is 0 Å². The lowest BCUT2D eigenvalue weighted by Gasteiger charge is -2.11. The standard InChI is InChI=1S/C16H21N3/c1-5-9-17-14-10-13(4)18-16(19-14)15-11(2)7-6-8-12(15)3/h6-8,10H,5,9H2,1-4H3,(H,17,18,19). The van der Waals surface area contributed by atoms with E-state index in [2.05, 4.69) is 54.3 Å². The summed E-state index contributed by atoms with van der Waals surface area (Å²) >= 11 is 0. The van der Waals surface area contributed by atoms with Crippen molar-refractivity contribution in [3.8, 4) is 11.4 Å². The van der Waals surface area contributed by atoms with Crippen molar-refractivity contribution in [3.05, 3.63) is 41.1 Å². The number of hydrogen-bond donors (Lipinski definition) is 1. The Morgan fingerprint density at radius 2 is 1.74 bits per heavy atom. The van der Waals surface area contributed by atoms with Crippen molar-refractivity contribution in [2.45, 2.75) is 34.1 Å². The first kappa shape index (κ1) is 13.5. The van der Waals surface area contributed by atoms with Crippen LogP contribution < -0.4 is 5.32 Å². The van der Waals surface area contributed by atoms with Gasteiger partial charge in [0.2, 0.25) is 0 Å². The van der Waals surface area contributed by atoms with Crippen LogP contribution in [0.3, 0.4) is 0 Å². The fourth-order valence-corrected chi connectivity index (χ4v) is 2.19. The van der Waals surface area contributed by atoms with Crippen LogP contribution in [0.4, 0.5) is 5.82 Å². The highest BCUT2D eigenvalue weighted by atomic mass is 15.0. The minimum absolute atomic E-state index is 0.814. The number of aromatic nitrogens is 2. The molecule has 0 aliphatic carbocycles. The van der Waals surface area contributed by atoms with E-state index >= 15 is 0 Å². The largest absolute Gasteiger partial charge is 0.370 e. The van der Waals surface area contributed by atoms with Crippen LogP contribution >= 0.6 is 0 Å². The summed E-state index contributed by atoms with van der Waals surface area (Å²) < 4.78 is 0. The predicted molar refractivity (Wildman–Crippen MR) is 80.5 cm³/mol. The fraction of sp³-hybridized carbons (Fsp3) is 0.375. The van der Waals surface area contributed by atoms with Crippen LogP contribution in [0, 0.1) is 20.8 Å². The van der Waals surface area contributed by atoms with E-state index in [1.165, 1.54) is 11.1 Å². The summed E-state index contributed by atoms with van der Waals surface area (Å²) in [5.41, 5.74) is 4.57. The Kier molecular flexibility index (Phi) is 4.15. The van der Waals surface area contributed by atoms with E-state index in [9.17, 15) is 0 Å². The Morgan fingerprint density at radius 3 is 2.37 bits per heavy atom. The molecule has 0 bridgehead atoms. The minimum atomic E-state index is 0.814. The normalized spacial score (nSPS) is 10.5. The van der Waals surface area contributed by atoms with E-state index in [1.54, 1.807) is 0 Å². The van der Waals surface area contributed by atoms with E-state index in [0.717, 1.165) is 35.9 Å². The zero-order valence-corrected chi connectivity index (χ0v) is 12.1. The quantitative estimate of drug-likeness (QED) is 0.900. The molecule has 1 heterocycles. The van der Waals surface area contributed by atoms with Crippen molar-refractivity contribution in [2.75, 3.05) is 11.9 Å². The Labute approximate surface area is 115 Å². The molecule has 0 atom stereocenters. The van der Waals surface area contributed by atoms with Gasteiger partial charge in [0, 0.05) is 23.9 Å². The number of nitrogens with zero attached hydrogens (tertiary/aromatic N) is 2. The summed E-state index contributed by atoms with van der Waals surface area (Å²) in [6.45, 7) is 9.30. The van der Waals surface area contributed by atoms with Crippen LogP contribution in [-0.4, -0.2) is 16.5 Å². The zero-order valence-electron chi connectivity index (χ0n) is 12.1. The highest BCUT2D eigenvalue weighted by molar-refractivity contribution is 5.65. The van der Waals surface area contributed by atoms with E-state index in [-0.39, 0.29) is 0 Å². The van der Waals surface area contributed by atoms with Crippen LogP contribution in [-0.2, 0) is 0 Å². The maximum atomic E-state index is 4.64. The molecule has 19 heavy (non-hydrogen) atoms. The van der Waals surface area contributed by atoms with Gasteiger partial charge in [0.05, 0.1) is 0 Å². The molecule has 0 radical (unpaired) electrons. The van der Waals surface area contributed by atoms with E-state index < -0.39 is 0 Å². The number of hydrogen-bond acceptors (Lipinski definition) is 3. The van der Waals surface area contributed by atoms with Crippen molar-refractivity contribution in [2.24, 2.45) is 0 Å². The first-order valence-electron chi connectivity index (χ1n) is 6.78. The molecule has 1 aromatic heterocycles. The zero-order chi connectivity index (χ0) is 13.8. The van der Waals surface area contributed by atoms with Crippen molar-refractivity contribution in [1.82, 2.24) is 9.97 Å². The lowest BCUT2D eigenvalue weighted by atomic mass is 10.0. The van der Waals surface area contributed by atoms with Gasteiger partial charge in [0.15, 0.2) is 5.82 Å². The molecule has 0 saturated carbocycles. The molecule has 0 amide bonds. The first-order valence-corrected chi connectivity index (χ1v) is 6.78. The van der Waals surface area contributed by atoms with Crippen molar-refractivity contribution in [3.63, 3.8) is 0 Å². The molecule has 2 aromatic rings. The second-order valence-electron chi connectivity index (χ2n) is 4.91. The average molecular weight is 255 g/mol. The molecule has 100 valence electrons. The molecule has 0 unspecified atom stereocenters. The maximum Gasteiger partial charge on any atom is 0.162 e. The van der Waals surface area contributed by atoms with Crippen LogP contribution in [0.15, 0.2) is 24.3 Å². The molecule has 0 saturated heterocycles. The van der Waals surface area contributed by atoms with Gasteiger partial charge in [-0.1, -0.05) is 25.1 Å². The van der Waals surface area contributed by atoms with E-state index in [1.807, 2.05) is 13.0 Å². The Bertz CT molecular complexity index is 556. The summed E-state index contributed by atoms with van der Waals surface area (Å²) in [5.74, 6) is 1.72. The van der Waals surface area contributed by atoms with Gasteiger partial charge in [-0.05, 0) is 38.3 Å². The highest BCUT2D eigenvalue weighted by Crippen LogP contribution is 2.25. The van der Waals surface area contributed by atoms with Gasteiger partial charge in [-0.2, -0.15) is 0 Å². The third-order valence-electron chi connectivity index (χ3n) is 3.12. The molecule has 0 fully saturated rings. The van der Waals surface area contributed by atoms with Gasteiger partial charge in [-0.15, -0.1) is 0 Å². The Morgan fingerprint density at radius 1 is 1.05 bits per heavy atom. The molecule has 1 N–H and O–H groups in total. The summed E-state index contributed by atoms with van der Waals surface area (Å²) in [5, 5.41) is 3.33. The summed E-state index contributed by atoms with van der Waals surface area (Å²) in [4.78, 5) is 9.22. The Hall–Kier alpha value is -1.90. The SMILES string of the molecule is CCCNc1cc(C)nc(-c2c(C)cccc2C)n1. The van der Waals surface area contributed by atoms with Crippen LogP contribution in [0.1, 0.15) is 30.2 Å². The average Bonchev–Trinajstić information content (AvgIpc) is 2.35. The molecule has 1 aromatic carbocycles. The summed E-state index contributed by atoms with van der Waals surface area (Å²) in [7, 11) is 0. The highest BCUT2D eigenvalue weighted by Gasteiger charge is 2.10. The van der Waals surface area contributed by atoms with Gasteiger partial charge < -0.3 is 5.32 Å². The lowest BCUT2D eigenvalue weighted by molar-refractivity contribution is 0.962. The summed E-state index contributed by atoms with van der Waals surface area (Å²) in [6, 6.07) is 8.27. The van der Waals surface area contributed by atoms with Gasteiger partial charge >= 0.3 is 0 Å². The fourth-order valence-electron chi connectivity index (χ4n) is 2.19. The summed E-state index contributed by atoms with van der Waals surface area (Å²) in [6.07, 6.45) is 1.09. The second kappa shape index (κ2) is 5.83. The van der Waals surface area contributed by atoms with Crippen LogP contribution in [0.25, 0.3) is 11.4 Å². The number of rotatable bonds is 4. The minimum Gasteiger partial charge on any atom is -0.370 e. The number of benzene rings is 1. The molecule has 0 spiro atoms. The lowest BCUT2D eigenvalue weighted by Crippen LogP contribution is -2.05. The molecular weight excluding hydrogens is 234 g/mol. The molecular formula is C16H21N3. The van der Waals surface area contributed by atoms with Gasteiger partial charge in [-0.25, -0.2) is 9.97 Å². The Balaban J connectivity index is 2.47. The van der Waals surface area contributed by atoms with Gasteiger partial charge in [-0.3, -0.25) is 0 Å². The molecule has 3 nitrogen and oxygen atoms in total. The number of nitrogens with one attached hydrogen (secondary N) is 1. The maximum absolute atomic E-state index is 4.64. The van der Waals surface area contributed by atoms with Crippen molar-refractivity contribution < 1.29 is 0 Å². The first-order chi connectivity index (χ1) is 9.11. The smallest absolute Gasteiger partial charge is 0.162 e.